The summed E-state index contributed by atoms with van der Waals surface area (Å²) in [6.45, 7) is 3.00. The van der Waals surface area contributed by atoms with Crippen LogP contribution in [-0.2, 0) is 19.1 Å². The number of rotatable bonds is 2. The molecule has 0 aliphatic carbocycles. The van der Waals surface area contributed by atoms with Crippen LogP contribution in [0.25, 0.3) is 5.57 Å². The summed E-state index contributed by atoms with van der Waals surface area (Å²) in [5, 5.41) is 1.86. The van der Waals surface area contributed by atoms with Gasteiger partial charge in [0.25, 0.3) is 11.5 Å². The Bertz CT molecular complexity index is 1560. The van der Waals surface area contributed by atoms with E-state index in [2.05, 4.69) is 4.99 Å². The number of carbonyl (C=O) groups excluding carboxylic acids is 3. The van der Waals surface area contributed by atoms with Crippen LogP contribution in [0.4, 0.5) is 5.69 Å². The van der Waals surface area contributed by atoms with Crippen molar-refractivity contribution in [1.82, 2.24) is 4.57 Å². The zero-order valence-corrected chi connectivity index (χ0v) is 19.5. The third-order valence-corrected chi connectivity index (χ3v) is 7.57. The molecule has 1 atom stereocenters. The zero-order valence-electron chi connectivity index (χ0n) is 17.8. The van der Waals surface area contributed by atoms with Crippen LogP contribution < -0.4 is 19.8 Å². The van der Waals surface area contributed by atoms with Crippen molar-refractivity contribution in [3.8, 4) is 0 Å². The summed E-state index contributed by atoms with van der Waals surface area (Å²) in [5.74, 6) is -1.56. The van der Waals surface area contributed by atoms with Crippen molar-refractivity contribution in [3.05, 3.63) is 83.2 Å². The fourth-order valence-electron chi connectivity index (χ4n) is 4.21. The van der Waals surface area contributed by atoms with Gasteiger partial charge in [0.1, 0.15) is 10.6 Å². The number of aromatic nitrogens is 1. The number of ether oxygens (including phenoxy) is 1. The largest absolute Gasteiger partial charge is 0.466 e. The second-order valence-electron chi connectivity index (χ2n) is 7.46. The second-order valence-corrected chi connectivity index (χ2v) is 9.42. The third-order valence-electron chi connectivity index (χ3n) is 5.59. The number of para-hydroxylation sites is 1. The molecule has 2 aromatic heterocycles. The van der Waals surface area contributed by atoms with Crippen LogP contribution in [0.15, 0.2) is 62.8 Å². The Morgan fingerprint density at radius 1 is 1.12 bits per heavy atom. The Balaban J connectivity index is 1.86. The number of thiazole rings is 1. The highest BCUT2D eigenvalue weighted by atomic mass is 32.1. The van der Waals surface area contributed by atoms with Gasteiger partial charge >= 0.3 is 5.97 Å². The summed E-state index contributed by atoms with van der Waals surface area (Å²) in [7, 11) is 1.28. The number of hydrogen-bond donors (Lipinski definition) is 0. The minimum Gasteiger partial charge on any atom is -0.466 e. The van der Waals surface area contributed by atoms with E-state index in [1.807, 2.05) is 17.5 Å². The molecule has 2 aliphatic heterocycles. The molecule has 0 saturated heterocycles. The Morgan fingerprint density at radius 3 is 2.55 bits per heavy atom. The van der Waals surface area contributed by atoms with Gasteiger partial charge in [0.2, 0.25) is 5.91 Å². The number of amides is 2. The maximum absolute atomic E-state index is 13.8. The second kappa shape index (κ2) is 7.75. The molecule has 0 N–H and O–H groups in total. The number of thiophene rings is 1. The van der Waals surface area contributed by atoms with Crippen molar-refractivity contribution >= 4 is 51.7 Å². The number of fused-ring (bicyclic) bond motifs is 2. The van der Waals surface area contributed by atoms with Gasteiger partial charge in [-0.25, -0.2) is 14.7 Å². The molecule has 1 aromatic carbocycles. The van der Waals surface area contributed by atoms with Crippen molar-refractivity contribution in [3.63, 3.8) is 0 Å². The predicted octanol–water partition coefficient (Wildman–Crippen LogP) is 1.73. The smallest absolute Gasteiger partial charge is 0.338 e. The van der Waals surface area contributed by atoms with E-state index in [0.29, 0.717) is 21.7 Å². The number of allylic oxidation sites excluding steroid dienone is 1. The molecule has 10 heteroatoms. The molecule has 0 bridgehead atoms. The molecule has 4 heterocycles. The van der Waals surface area contributed by atoms with Crippen LogP contribution in [0.1, 0.15) is 30.3 Å². The summed E-state index contributed by atoms with van der Waals surface area (Å²) in [6.07, 6.45) is 0. The van der Waals surface area contributed by atoms with Gasteiger partial charge in [-0.2, -0.15) is 0 Å². The minimum absolute atomic E-state index is 0.162. The number of benzene rings is 1. The van der Waals surface area contributed by atoms with Gasteiger partial charge < -0.3 is 4.74 Å². The summed E-state index contributed by atoms with van der Waals surface area (Å²) in [6, 6.07) is 9.82. The van der Waals surface area contributed by atoms with Gasteiger partial charge in [-0.1, -0.05) is 35.6 Å². The fourth-order valence-corrected chi connectivity index (χ4v) is 6.17. The number of carbonyl (C=O) groups is 3. The van der Waals surface area contributed by atoms with E-state index in [1.54, 1.807) is 31.2 Å². The normalized spacial score (nSPS) is 18.7. The average molecular weight is 480 g/mol. The molecule has 2 amide bonds. The topological polar surface area (TPSA) is 98.0 Å². The first kappa shape index (κ1) is 21.2. The van der Waals surface area contributed by atoms with Crippen LogP contribution in [0.3, 0.4) is 0 Å². The van der Waals surface area contributed by atoms with E-state index in [9.17, 15) is 19.2 Å². The molecule has 166 valence electrons. The van der Waals surface area contributed by atoms with Gasteiger partial charge in [0, 0.05) is 17.4 Å². The number of methoxy groups -OCH3 is 1. The van der Waals surface area contributed by atoms with Crippen molar-refractivity contribution in [2.75, 3.05) is 12.0 Å². The van der Waals surface area contributed by atoms with E-state index in [1.165, 1.54) is 29.9 Å². The quantitative estimate of drug-likeness (QED) is 0.522. The summed E-state index contributed by atoms with van der Waals surface area (Å²) in [4.78, 5) is 58.6. The van der Waals surface area contributed by atoms with Crippen LogP contribution in [0, 0.1) is 0 Å². The number of nitrogens with zero attached hydrogens (tertiary/aromatic N) is 3. The summed E-state index contributed by atoms with van der Waals surface area (Å²) in [5.41, 5.74) is 1.38. The first-order valence-corrected chi connectivity index (χ1v) is 11.7. The Labute approximate surface area is 195 Å². The molecule has 33 heavy (non-hydrogen) atoms. The average Bonchev–Trinajstić information content (AvgIpc) is 3.49. The molecule has 0 unspecified atom stereocenters. The van der Waals surface area contributed by atoms with Gasteiger partial charge in [0.15, 0.2) is 4.80 Å². The van der Waals surface area contributed by atoms with Crippen molar-refractivity contribution < 1.29 is 19.1 Å². The number of anilines is 1. The van der Waals surface area contributed by atoms with Crippen molar-refractivity contribution in [2.24, 2.45) is 4.99 Å². The minimum atomic E-state index is -0.723. The highest BCUT2D eigenvalue weighted by Gasteiger charge is 2.38. The first-order chi connectivity index (χ1) is 15.8. The van der Waals surface area contributed by atoms with Crippen LogP contribution in [0.5, 0.6) is 0 Å². The molecule has 0 spiro atoms. The molecule has 0 saturated carbocycles. The van der Waals surface area contributed by atoms with Crippen LogP contribution in [0.2, 0.25) is 0 Å². The third kappa shape index (κ3) is 3.05. The Hall–Kier alpha value is -3.63. The Morgan fingerprint density at radius 2 is 1.88 bits per heavy atom. The zero-order chi connectivity index (χ0) is 23.4. The number of imide groups is 1. The van der Waals surface area contributed by atoms with Crippen molar-refractivity contribution in [1.29, 1.82) is 0 Å². The van der Waals surface area contributed by atoms with Gasteiger partial charge in [-0.3, -0.25) is 19.0 Å². The van der Waals surface area contributed by atoms with Crippen molar-refractivity contribution in [2.45, 2.75) is 19.9 Å². The number of esters is 1. The molecule has 5 rings (SSSR count). The van der Waals surface area contributed by atoms with E-state index in [-0.39, 0.29) is 15.7 Å². The summed E-state index contributed by atoms with van der Waals surface area (Å²) < 4.78 is 6.60. The lowest BCUT2D eigenvalue weighted by Gasteiger charge is -2.22. The summed E-state index contributed by atoms with van der Waals surface area (Å²) >= 11 is 2.48. The highest BCUT2D eigenvalue weighted by Crippen LogP contribution is 2.36. The molecule has 2 aliphatic rings. The molecule has 0 fully saturated rings. The SMILES string of the molecule is COC(=O)C1=C(C)N=c2s/c(=C3\C(=O)N(C(C)=O)c4ccccc43)c(=O)n2[C@H]1c1cccs1. The van der Waals surface area contributed by atoms with Crippen LogP contribution in [-0.4, -0.2) is 29.5 Å². The lowest BCUT2D eigenvalue weighted by atomic mass is 10.0. The lowest BCUT2D eigenvalue weighted by Crippen LogP contribution is -2.40. The molecular weight excluding hydrogens is 462 g/mol. The van der Waals surface area contributed by atoms with Gasteiger partial charge in [0.05, 0.1) is 29.6 Å². The van der Waals surface area contributed by atoms with E-state index in [4.69, 9.17) is 4.74 Å². The van der Waals surface area contributed by atoms with E-state index < -0.39 is 29.4 Å². The number of hydrogen-bond acceptors (Lipinski definition) is 8. The standard InChI is InChI=1S/C23H17N3O5S2/c1-11-16(22(30)31-3)18(15-9-6-10-32-15)26-21(29)19(33-23(26)24-11)17-13-7-4-5-8-14(13)25(12(2)27)20(17)28/h4-10,18H,1-3H3/b19-17-/t18-/m0/s1. The van der Waals surface area contributed by atoms with Crippen LogP contribution >= 0.6 is 22.7 Å². The maximum Gasteiger partial charge on any atom is 0.338 e. The molecule has 0 radical (unpaired) electrons. The van der Waals surface area contributed by atoms with E-state index in [0.717, 1.165) is 21.1 Å². The highest BCUT2D eigenvalue weighted by molar-refractivity contribution is 7.10. The first-order valence-electron chi connectivity index (χ1n) is 9.96. The lowest BCUT2D eigenvalue weighted by molar-refractivity contribution is -0.136. The fraction of sp³-hybridized carbons (Fsp3) is 0.174. The molecule has 8 nitrogen and oxygen atoms in total. The predicted molar refractivity (Wildman–Crippen MR) is 124 cm³/mol. The monoisotopic (exact) mass is 479 g/mol. The van der Waals surface area contributed by atoms with Gasteiger partial charge in [-0.15, -0.1) is 11.3 Å². The maximum atomic E-state index is 13.8. The van der Waals surface area contributed by atoms with E-state index >= 15 is 0 Å². The van der Waals surface area contributed by atoms with Gasteiger partial charge in [-0.05, 0) is 24.4 Å². The molecule has 3 aromatic rings. The Kier molecular flexibility index (Phi) is 4.98. The molecular formula is C23H17N3O5S2.